The van der Waals surface area contributed by atoms with Gasteiger partial charge in [0.25, 0.3) is 0 Å². The van der Waals surface area contributed by atoms with Crippen molar-refractivity contribution in [3.63, 3.8) is 0 Å². The van der Waals surface area contributed by atoms with Gasteiger partial charge in [-0.1, -0.05) is 0 Å². The molecule has 0 heterocycles. The van der Waals surface area contributed by atoms with Gasteiger partial charge in [0.15, 0.2) is 12.1 Å². The number of nitrogens with one attached hydrogen (secondary N) is 2. The number of rotatable bonds is 8. The molecule has 10 nitrogen and oxygen atoms in total. The molecular formula is C14H18N2O8. The van der Waals surface area contributed by atoms with E-state index in [1.807, 2.05) is 0 Å². The van der Waals surface area contributed by atoms with Gasteiger partial charge < -0.3 is 31.1 Å². The molecule has 0 amide bonds. The molecule has 10 heteroatoms. The summed E-state index contributed by atoms with van der Waals surface area (Å²) in [5.41, 5.74) is -0.689. The van der Waals surface area contributed by atoms with Crippen LogP contribution in [0.15, 0.2) is 23.5 Å². The van der Waals surface area contributed by atoms with Gasteiger partial charge in [0.2, 0.25) is 11.6 Å². The van der Waals surface area contributed by atoms with Crippen LogP contribution in [0.3, 0.4) is 0 Å². The maximum absolute atomic E-state index is 12.0. The third-order valence-electron chi connectivity index (χ3n) is 3.20. The Balaban J connectivity index is 2.94. The lowest BCUT2D eigenvalue weighted by molar-refractivity contribution is -0.143. The monoisotopic (exact) mass is 342 g/mol. The molecule has 24 heavy (non-hydrogen) atoms. The molecule has 0 saturated heterocycles. The number of aliphatic carboxylic acids is 2. The predicted octanol–water partition coefficient (Wildman–Crippen LogP) is -2.25. The van der Waals surface area contributed by atoms with Crippen molar-refractivity contribution < 1.29 is 39.6 Å². The second kappa shape index (κ2) is 7.70. The topological polar surface area (TPSA) is 173 Å². The number of carboxylic acids is 2. The highest BCUT2D eigenvalue weighted by molar-refractivity contribution is 6.19. The number of hydrogen-bond donors (Lipinski definition) is 6. The molecule has 0 spiro atoms. The largest absolute Gasteiger partial charge is 0.480 e. The number of carbonyl (C=O) groups excluding carboxylic acids is 2. The summed E-state index contributed by atoms with van der Waals surface area (Å²) in [6.07, 6.45) is -1.07. The molecule has 0 fully saturated rings. The van der Waals surface area contributed by atoms with E-state index in [0.717, 1.165) is 12.2 Å². The summed E-state index contributed by atoms with van der Waals surface area (Å²) < 4.78 is 0. The van der Waals surface area contributed by atoms with Crippen molar-refractivity contribution >= 4 is 23.5 Å². The predicted molar refractivity (Wildman–Crippen MR) is 78.7 cm³/mol. The number of ketones is 2. The van der Waals surface area contributed by atoms with E-state index in [1.165, 1.54) is 13.8 Å². The van der Waals surface area contributed by atoms with E-state index < -0.39 is 47.8 Å². The molecule has 0 aromatic heterocycles. The Labute approximate surface area is 136 Å². The number of hydrogen-bond acceptors (Lipinski definition) is 8. The summed E-state index contributed by atoms with van der Waals surface area (Å²) in [5.74, 6) is -4.39. The van der Waals surface area contributed by atoms with Crippen molar-refractivity contribution in [2.24, 2.45) is 0 Å². The summed E-state index contributed by atoms with van der Waals surface area (Å²) >= 11 is 0. The van der Waals surface area contributed by atoms with Crippen molar-refractivity contribution in [3.8, 4) is 0 Å². The maximum Gasteiger partial charge on any atom is 0.328 e. The highest BCUT2D eigenvalue weighted by Crippen LogP contribution is 2.11. The molecular weight excluding hydrogens is 324 g/mol. The standard InChI is InChI=1S/C14H18N2O8/c1-5(17)11(13(21)22)15-7-3-10(20)8(4-9(7)19)16-12(6(2)18)14(23)24/h3-6,11-12,15-18H,1-2H3,(H,21,22)(H,23,24)/t5-,6-,11+,12+/m1/s1. The highest BCUT2D eigenvalue weighted by Gasteiger charge is 2.30. The van der Waals surface area contributed by atoms with Crippen LogP contribution in [0.1, 0.15) is 13.8 Å². The average molecular weight is 342 g/mol. The van der Waals surface area contributed by atoms with Crippen LogP contribution in [0.4, 0.5) is 0 Å². The third-order valence-corrected chi connectivity index (χ3v) is 3.20. The van der Waals surface area contributed by atoms with Crippen molar-refractivity contribution in [1.29, 1.82) is 0 Å². The van der Waals surface area contributed by atoms with Crippen LogP contribution < -0.4 is 10.6 Å². The Morgan fingerprint density at radius 3 is 1.33 bits per heavy atom. The molecule has 0 unspecified atom stereocenters. The highest BCUT2D eigenvalue weighted by atomic mass is 16.4. The van der Waals surface area contributed by atoms with Crippen LogP contribution in [-0.2, 0) is 19.2 Å². The summed E-state index contributed by atoms with van der Waals surface area (Å²) in [4.78, 5) is 45.9. The first-order valence-electron chi connectivity index (χ1n) is 6.91. The van der Waals surface area contributed by atoms with Gasteiger partial charge >= 0.3 is 11.9 Å². The first-order chi connectivity index (χ1) is 11.0. The van der Waals surface area contributed by atoms with Crippen LogP contribution in [0.25, 0.3) is 0 Å². The molecule has 6 N–H and O–H groups in total. The van der Waals surface area contributed by atoms with Gasteiger partial charge in [-0.2, -0.15) is 0 Å². The quantitative estimate of drug-likeness (QED) is 0.264. The zero-order valence-corrected chi connectivity index (χ0v) is 12.9. The molecule has 0 aromatic carbocycles. The van der Waals surface area contributed by atoms with Gasteiger partial charge in [0.05, 0.1) is 23.6 Å². The maximum atomic E-state index is 12.0. The third kappa shape index (κ3) is 4.64. The number of allylic oxidation sites excluding steroid dienone is 2. The minimum atomic E-state index is -1.50. The molecule has 4 atom stereocenters. The first-order valence-corrected chi connectivity index (χ1v) is 6.91. The van der Waals surface area contributed by atoms with Gasteiger partial charge in [-0.3, -0.25) is 9.59 Å². The Bertz CT molecular complexity index is 566. The van der Waals surface area contributed by atoms with E-state index in [4.69, 9.17) is 10.2 Å². The smallest absolute Gasteiger partial charge is 0.328 e. The minimum Gasteiger partial charge on any atom is -0.480 e. The fraction of sp³-hybridized carbons (Fsp3) is 0.429. The normalized spacial score (nSPS) is 19.5. The molecule has 0 bridgehead atoms. The van der Waals surface area contributed by atoms with Gasteiger partial charge in [-0.15, -0.1) is 0 Å². The molecule has 0 aromatic rings. The second-order valence-electron chi connectivity index (χ2n) is 5.25. The number of carbonyl (C=O) groups is 4. The van der Waals surface area contributed by atoms with Crippen LogP contribution >= 0.6 is 0 Å². The van der Waals surface area contributed by atoms with Gasteiger partial charge in [-0.25, -0.2) is 9.59 Å². The van der Waals surface area contributed by atoms with E-state index >= 15 is 0 Å². The lowest BCUT2D eigenvalue weighted by atomic mass is 10.0. The van der Waals surface area contributed by atoms with Crippen LogP contribution in [0.2, 0.25) is 0 Å². The Kier molecular flexibility index (Phi) is 6.20. The SMILES string of the molecule is C[C@@H](O)[C@H](NC1=CC(=O)C(N[C@H](C(=O)O)[C@@H](C)O)=CC1=O)C(=O)O. The zero-order valence-electron chi connectivity index (χ0n) is 12.9. The van der Waals surface area contributed by atoms with Crippen molar-refractivity contribution in [3.05, 3.63) is 23.5 Å². The Hall–Kier alpha value is -2.72. The lowest BCUT2D eigenvalue weighted by Gasteiger charge is -2.23. The minimum absolute atomic E-state index is 0.345. The van der Waals surface area contributed by atoms with Crippen LogP contribution in [0, 0.1) is 0 Å². The summed E-state index contributed by atoms with van der Waals surface area (Å²) in [5, 5.41) is 41.2. The van der Waals surface area contributed by atoms with E-state index in [9.17, 15) is 29.4 Å². The van der Waals surface area contributed by atoms with Crippen LogP contribution in [-0.4, -0.2) is 68.2 Å². The molecule has 1 aliphatic rings. The Morgan fingerprint density at radius 2 is 1.12 bits per heavy atom. The number of carboxylic acid groups (broad SMARTS) is 2. The second-order valence-corrected chi connectivity index (χ2v) is 5.25. The van der Waals surface area contributed by atoms with E-state index in [0.29, 0.717) is 0 Å². The fourth-order valence-corrected chi connectivity index (χ4v) is 1.90. The van der Waals surface area contributed by atoms with E-state index in [2.05, 4.69) is 10.6 Å². The van der Waals surface area contributed by atoms with E-state index in [1.54, 1.807) is 0 Å². The number of aliphatic hydroxyl groups excluding tert-OH is 2. The number of aliphatic hydroxyl groups is 2. The van der Waals surface area contributed by atoms with Gasteiger partial charge in [0, 0.05) is 12.2 Å². The Morgan fingerprint density at radius 1 is 0.833 bits per heavy atom. The summed E-state index contributed by atoms with van der Waals surface area (Å²) in [6, 6.07) is -3.00. The molecule has 0 saturated carbocycles. The summed E-state index contributed by atoms with van der Waals surface area (Å²) in [7, 11) is 0. The van der Waals surface area contributed by atoms with Crippen molar-refractivity contribution in [1.82, 2.24) is 10.6 Å². The zero-order chi connectivity index (χ0) is 18.6. The molecule has 1 rings (SSSR count). The van der Waals surface area contributed by atoms with Crippen molar-refractivity contribution in [2.75, 3.05) is 0 Å². The lowest BCUT2D eigenvalue weighted by Crippen LogP contribution is -2.48. The molecule has 0 radical (unpaired) electrons. The molecule has 0 aliphatic heterocycles. The fourth-order valence-electron chi connectivity index (χ4n) is 1.90. The van der Waals surface area contributed by atoms with Gasteiger partial charge in [0.1, 0.15) is 0 Å². The average Bonchev–Trinajstić information content (AvgIpc) is 2.44. The molecule has 132 valence electrons. The van der Waals surface area contributed by atoms with Crippen molar-refractivity contribution in [2.45, 2.75) is 38.1 Å². The summed E-state index contributed by atoms with van der Waals surface area (Å²) in [6.45, 7) is 2.40. The molecule has 1 aliphatic carbocycles. The first kappa shape index (κ1) is 19.3. The van der Waals surface area contributed by atoms with E-state index in [-0.39, 0.29) is 11.4 Å². The van der Waals surface area contributed by atoms with Gasteiger partial charge in [-0.05, 0) is 13.8 Å². The van der Waals surface area contributed by atoms with Crippen LogP contribution in [0.5, 0.6) is 0 Å².